The monoisotopic (exact) mass is 411 g/mol. The largest absolute Gasteiger partial charge is 0.286 e. The van der Waals surface area contributed by atoms with E-state index in [0.29, 0.717) is 27.0 Å². The molecule has 0 aliphatic carbocycles. The van der Waals surface area contributed by atoms with Gasteiger partial charge in [0.2, 0.25) is 0 Å². The number of amides is 2. The van der Waals surface area contributed by atoms with E-state index in [-0.39, 0.29) is 23.9 Å². The molecule has 7 heteroatoms. The molecule has 0 unspecified atom stereocenters. The number of aromatic nitrogens is 2. The number of carbonyl (C=O) groups is 2. The molecule has 3 aromatic rings. The van der Waals surface area contributed by atoms with Gasteiger partial charge < -0.3 is 0 Å². The maximum Gasteiger partial charge on any atom is 0.286 e. The molecule has 130 valence electrons. The summed E-state index contributed by atoms with van der Waals surface area (Å²) in [6.07, 6.45) is 0. The van der Waals surface area contributed by atoms with E-state index in [1.807, 2.05) is 30.3 Å². The first-order chi connectivity index (χ1) is 12.5. The summed E-state index contributed by atoms with van der Waals surface area (Å²) in [6.45, 7) is 0.0124. The number of para-hydroxylation sites is 1. The molecule has 0 saturated heterocycles. The highest BCUT2D eigenvalue weighted by Crippen LogP contribution is 2.26. The first kappa shape index (κ1) is 16.5. The minimum Gasteiger partial charge on any atom is -0.282 e. The van der Waals surface area contributed by atoms with Crippen LogP contribution in [0, 0.1) is 0 Å². The summed E-state index contributed by atoms with van der Waals surface area (Å²) < 4.78 is 3.49. The molecular formula is C19H14BrN3O3. The summed E-state index contributed by atoms with van der Waals surface area (Å²) in [5.41, 5.74) is 1.79. The van der Waals surface area contributed by atoms with E-state index in [9.17, 15) is 14.4 Å². The Morgan fingerprint density at radius 3 is 1.96 bits per heavy atom. The fourth-order valence-electron chi connectivity index (χ4n) is 3.18. The third-order valence-electron chi connectivity index (χ3n) is 4.51. The van der Waals surface area contributed by atoms with E-state index >= 15 is 0 Å². The van der Waals surface area contributed by atoms with Gasteiger partial charge in [0, 0.05) is 7.05 Å². The van der Waals surface area contributed by atoms with Crippen molar-refractivity contribution in [3.8, 4) is 5.69 Å². The fourth-order valence-corrected chi connectivity index (χ4v) is 3.73. The lowest BCUT2D eigenvalue weighted by Gasteiger charge is -2.16. The number of hydrogen-bond acceptors (Lipinski definition) is 3. The van der Waals surface area contributed by atoms with E-state index < -0.39 is 0 Å². The Balaban J connectivity index is 1.76. The Labute approximate surface area is 157 Å². The van der Waals surface area contributed by atoms with Crippen molar-refractivity contribution in [2.24, 2.45) is 7.05 Å². The molecular weight excluding hydrogens is 398 g/mol. The second kappa shape index (κ2) is 6.10. The molecule has 0 saturated carbocycles. The SMILES string of the molecule is Cn1c(CN2C(=O)c3ccccc3C2=O)c(Br)c(=O)n1-c1ccccc1. The van der Waals surface area contributed by atoms with Crippen molar-refractivity contribution in [3.63, 3.8) is 0 Å². The van der Waals surface area contributed by atoms with Crippen LogP contribution in [0.3, 0.4) is 0 Å². The summed E-state index contributed by atoms with van der Waals surface area (Å²) >= 11 is 3.33. The van der Waals surface area contributed by atoms with E-state index in [1.54, 1.807) is 36.0 Å². The Bertz CT molecular complexity index is 1060. The Hall–Kier alpha value is -2.93. The van der Waals surface area contributed by atoms with E-state index in [4.69, 9.17) is 0 Å². The van der Waals surface area contributed by atoms with Gasteiger partial charge in [-0.15, -0.1) is 0 Å². The highest BCUT2D eigenvalue weighted by molar-refractivity contribution is 9.10. The molecule has 4 rings (SSSR count). The van der Waals surface area contributed by atoms with E-state index in [0.717, 1.165) is 0 Å². The predicted molar refractivity (Wildman–Crippen MR) is 99.4 cm³/mol. The number of rotatable bonds is 3. The van der Waals surface area contributed by atoms with Crippen LogP contribution in [0.2, 0.25) is 0 Å². The quantitative estimate of drug-likeness (QED) is 0.622. The average Bonchev–Trinajstić information content (AvgIpc) is 3.03. The number of fused-ring (bicyclic) bond motifs is 1. The molecule has 6 nitrogen and oxygen atoms in total. The van der Waals surface area contributed by atoms with Crippen molar-refractivity contribution in [2.75, 3.05) is 0 Å². The van der Waals surface area contributed by atoms with Crippen LogP contribution in [0.5, 0.6) is 0 Å². The minimum atomic E-state index is -0.350. The van der Waals surface area contributed by atoms with Crippen molar-refractivity contribution in [1.29, 1.82) is 0 Å². The van der Waals surface area contributed by atoms with E-state index in [2.05, 4.69) is 15.9 Å². The number of nitrogens with zero attached hydrogens (tertiary/aromatic N) is 3. The Morgan fingerprint density at radius 2 is 1.38 bits per heavy atom. The normalized spacial score (nSPS) is 13.4. The smallest absolute Gasteiger partial charge is 0.282 e. The average molecular weight is 412 g/mol. The van der Waals surface area contributed by atoms with Crippen molar-refractivity contribution in [1.82, 2.24) is 14.3 Å². The fraction of sp³-hybridized carbons (Fsp3) is 0.105. The van der Waals surface area contributed by atoms with Gasteiger partial charge in [0.05, 0.1) is 29.1 Å². The summed E-state index contributed by atoms with van der Waals surface area (Å²) in [4.78, 5) is 39.0. The molecule has 1 aliphatic heterocycles. The lowest BCUT2D eigenvalue weighted by atomic mass is 10.1. The lowest BCUT2D eigenvalue weighted by molar-refractivity contribution is 0.0638. The maximum absolute atomic E-state index is 12.7. The van der Waals surface area contributed by atoms with Gasteiger partial charge in [0.15, 0.2) is 0 Å². The summed E-state index contributed by atoms with van der Waals surface area (Å²) in [5.74, 6) is -0.699. The number of carbonyl (C=O) groups excluding carboxylic acids is 2. The third kappa shape index (κ3) is 2.35. The number of benzene rings is 2. The van der Waals surface area contributed by atoms with Crippen LogP contribution < -0.4 is 5.56 Å². The van der Waals surface area contributed by atoms with E-state index in [1.165, 1.54) is 9.58 Å². The zero-order valence-corrected chi connectivity index (χ0v) is 15.4. The van der Waals surface area contributed by atoms with Crippen LogP contribution in [-0.4, -0.2) is 26.1 Å². The molecule has 0 fully saturated rings. The van der Waals surface area contributed by atoms with Gasteiger partial charge in [-0.05, 0) is 40.2 Å². The van der Waals surface area contributed by atoms with Crippen molar-refractivity contribution in [2.45, 2.75) is 6.54 Å². The van der Waals surface area contributed by atoms with Crippen LogP contribution in [-0.2, 0) is 13.6 Å². The van der Waals surface area contributed by atoms with Crippen molar-refractivity contribution >= 4 is 27.7 Å². The lowest BCUT2D eigenvalue weighted by Crippen LogP contribution is -2.30. The molecule has 1 aliphatic rings. The summed E-state index contributed by atoms with van der Waals surface area (Å²) in [7, 11) is 1.73. The standard InChI is InChI=1S/C19H14BrN3O3/c1-21-15(16(20)19(26)23(21)12-7-3-2-4-8-12)11-22-17(24)13-9-5-6-10-14(13)18(22)25/h2-10H,11H2,1H3. The van der Waals surface area contributed by atoms with Crippen LogP contribution in [0.4, 0.5) is 0 Å². The van der Waals surface area contributed by atoms with Crippen LogP contribution in [0.25, 0.3) is 5.69 Å². The van der Waals surface area contributed by atoms with Crippen LogP contribution in [0.1, 0.15) is 26.4 Å². The third-order valence-corrected chi connectivity index (χ3v) is 5.31. The van der Waals surface area contributed by atoms with Crippen molar-refractivity contribution in [3.05, 3.63) is 86.2 Å². The Kier molecular flexibility index (Phi) is 3.88. The predicted octanol–water partition coefficient (Wildman–Crippen LogP) is 2.73. The minimum absolute atomic E-state index is 0.0124. The molecule has 0 spiro atoms. The van der Waals surface area contributed by atoms with Crippen molar-refractivity contribution < 1.29 is 9.59 Å². The second-order valence-corrected chi connectivity index (χ2v) is 6.77. The molecule has 2 aromatic carbocycles. The molecule has 0 bridgehead atoms. The van der Waals surface area contributed by atoms with Gasteiger partial charge in [-0.25, -0.2) is 4.68 Å². The van der Waals surface area contributed by atoms with Gasteiger partial charge in [-0.2, -0.15) is 0 Å². The maximum atomic E-state index is 12.7. The molecule has 26 heavy (non-hydrogen) atoms. The van der Waals surface area contributed by atoms with Gasteiger partial charge in [-0.3, -0.25) is 24.0 Å². The molecule has 2 heterocycles. The van der Waals surface area contributed by atoms with Gasteiger partial charge >= 0.3 is 0 Å². The molecule has 0 N–H and O–H groups in total. The topological polar surface area (TPSA) is 64.3 Å². The molecule has 0 atom stereocenters. The number of hydrogen-bond donors (Lipinski definition) is 0. The summed E-state index contributed by atoms with van der Waals surface area (Å²) in [5, 5.41) is 0. The number of imide groups is 1. The second-order valence-electron chi connectivity index (χ2n) is 5.98. The number of halogens is 1. The molecule has 1 aromatic heterocycles. The first-order valence-electron chi connectivity index (χ1n) is 7.97. The highest BCUT2D eigenvalue weighted by Gasteiger charge is 2.36. The zero-order valence-electron chi connectivity index (χ0n) is 13.8. The van der Waals surface area contributed by atoms with Crippen LogP contribution >= 0.6 is 15.9 Å². The molecule has 0 radical (unpaired) electrons. The first-order valence-corrected chi connectivity index (χ1v) is 8.77. The molecule has 2 amide bonds. The van der Waals surface area contributed by atoms with Gasteiger partial charge in [-0.1, -0.05) is 30.3 Å². The van der Waals surface area contributed by atoms with Gasteiger partial charge in [0.1, 0.15) is 4.47 Å². The van der Waals surface area contributed by atoms with Crippen LogP contribution in [0.15, 0.2) is 63.9 Å². The zero-order chi connectivity index (χ0) is 18.4. The van der Waals surface area contributed by atoms with Gasteiger partial charge in [0.25, 0.3) is 17.4 Å². The summed E-state index contributed by atoms with van der Waals surface area (Å²) in [6, 6.07) is 15.9. The Morgan fingerprint density at radius 1 is 0.846 bits per heavy atom. The highest BCUT2D eigenvalue weighted by atomic mass is 79.9.